The Morgan fingerprint density at radius 3 is 2.67 bits per heavy atom. The van der Waals surface area contributed by atoms with Crippen LogP contribution in [0.15, 0.2) is 24.3 Å². The fourth-order valence-corrected chi connectivity index (χ4v) is 3.16. The summed E-state index contributed by atoms with van der Waals surface area (Å²) in [5.74, 6) is -0.608. The largest absolute Gasteiger partial charge is 0.348 e. The first-order valence-corrected chi connectivity index (χ1v) is 9.42. The molecule has 0 aliphatic carbocycles. The predicted octanol–water partition coefficient (Wildman–Crippen LogP) is 2.82. The molecule has 2 N–H and O–H groups in total. The number of halogens is 1. The molecule has 0 spiro atoms. The second-order valence-electron chi connectivity index (χ2n) is 6.93. The Kier molecular flexibility index (Phi) is 5.88. The topological polar surface area (TPSA) is 76.0 Å². The molecular weight excluding hydrogens is 347 g/mol. The number of rotatable bonds is 6. The SMILES string of the molecule is CCC(C)NC(=O)c1nc(C(=O)NCc2ccc(F)cc2)n2c1CCCC2. The van der Waals surface area contributed by atoms with Gasteiger partial charge in [0.15, 0.2) is 5.82 Å². The zero-order chi connectivity index (χ0) is 19.4. The molecule has 0 saturated carbocycles. The third-order valence-electron chi connectivity index (χ3n) is 4.89. The minimum atomic E-state index is -0.329. The number of aromatic nitrogens is 2. The van der Waals surface area contributed by atoms with E-state index < -0.39 is 0 Å². The van der Waals surface area contributed by atoms with Crippen LogP contribution < -0.4 is 10.6 Å². The molecule has 2 heterocycles. The standard InChI is InChI=1S/C20H25FN4O2/c1-3-13(2)23-19(26)17-16-6-4-5-11-25(16)18(24-17)20(27)22-12-14-7-9-15(21)10-8-14/h7-10,13H,3-6,11-12H2,1-2H3,(H,22,27)(H,23,26). The van der Waals surface area contributed by atoms with E-state index in [9.17, 15) is 14.0 Å². The zero-order valence-electron chi connectivity index (χ0n) is 15.7. The van der Waals surface area contributed by atoms with E-state index in [1.807, 2.05) is 18.4 Å². The molecule has 6 nitrogen and oxygen atoms in total. The van der Waals surface area contributed by atoms with Crippen molar-refractivity contribution < 1.29 is 14.0 Å². The van der Waals surface area contributed by atoms with E-state index in [1.54, 1.807) is 12.1 Å². The molecule has 1 aromatic heterocycles. The van der Waals surface area contributed by atoms with Crippen molar-refractivity contribution in [3.05, 3.63) is 52.9 Å². The third-order valence-corrected chi connectivity index (χ3v) is 4.89. The average Bonchev–Trinajstić information content (AvgIpc) is 3.07. The molecule has 1 unspecified atom stereocenters. The van der Waals surface area contributed by atoms with E-state index in [-0.39, 0.29) is 36.0 Å². The van der Waals surface area contributed by atoms with Crippen molar-refractivity contribution in [3.63, 3.8) is 0 Å². The molecule has 0 bridgehead atoms. The maximum atomic E-state index is 13.0. The summed E-state index contributed by atoms with van der Waals surface area (Å²) < 4.78 is 14.9. The number of carbonyl (C=O) groups is 2. The lowest BCUT2D eigenvalue weighted by atomic mass is 10.1. The highest BCUT2D eigenvalue weighted by atomic mass is 19.1. The summed E-state index contributed by atoms with van der Waals surface area (Å²) in [6, 6.07) is 6.02. The van der Waals surface area contributed by atoms with Gasteiger partial charge < -0.3 is 15.2 Å². The number of amides is 2. The van der Waals surface area contributed by atoms with Gasteiger partial charge in [0, 0.05) is 19.1 Å². The Morgan fingerprint density at radius 2 is 1.96 bits per heavy atom. The second kappa shape index (κ2) is 8.33. The minimum absolute atomic E-state index is 0.0502. The predicted molar refractivity (Wildman–Crippen MR) is 100.0 cm³/mol. The Morgan fingerprint density at radius 1 is 1.22 bits per heavy atom. The first kappa shape index (κ1) is 19.1. The highest BCUT2D eigenvalue weighted by Gasteiger charge is 2.27. The van der Waals surface area contributed by atoms with Crippen LogP contribution in [0.2, 0.25) is 0 Å². The normalized spacial score (nSPS) is 14.3. The molecule has 0 radical (unpaired) electrons. The van der Waals surface area contributed by atoms with Crippen LogP contribution in [-0.2, 0) is 19.5 Å². The van der Waals surface area contributed by atoms with Gasteiger partial charge in [0.05, 0.1) is 5.69 Å². The van der Waals surface area contributed by atoms with Crippen molar-refractivity contribution in [2.75, 3.05) is 0 Å². The van der Waals surface area contributed by atoms with Crippen molar-refractivity contribution in [2.45, 2.75) is 58.7 Å². The number of hydrogen-bond donors (Lipinski definition) is 2. The van der Waals surface area contributed by atoms with Gasteiger partial charge in [-0.3, -0.25) is 9.59 Å². The van der Waals surface area contributed by atoms with Crippen LogP contribution in [0.4, 0.5) is 4.39 Å². The number of nitrogens with one attached hydrogen (secondary N) is 2. The van der Waals surface area contributed by atoms with Gasteiger partial charge in [0.1, 0.15) is 11.5 Å². The Balaban J connectivity index is 1.79. The fourth-order valence-electron chi connectivity index (χ4n) is 3.16. The van der Waals surface area contributed by atoms with E-state index in [0.29, 0.717) is 12.2 Å². The molecule has 1 aliphatic heterocycles. The monoisotopic (exact) mass is 372 g/mol. The lowest BCUT2D eigenvalue weighted by molar-refractivity contribution is 0.0932. The van der Waals surface area contributed by atoms with Crippen LogP contribution in [0.1, 0.15) is 65.5 Å². The van der Waals surface area contributed by atoms with E-state index in [1.165, 1.54) is 12.1 Å². The highest BCUT2D eigenvalue weighted by Crippen LogP contribution is 2.21. The molecule has 0 fully saturated rings. The lowest BCUT2D eigenvalue weighted by Gasteiger charge is -2.17. The van der Waals surface area contributed by atoms with Crippen molar-refractivity contribution in [1.29, 1.82) is 0 Å². The van der Waals surface area contributed by atoms with Gasteiger partial charge in [-0.05, 0) is 50.3 Å². The maximum Gasteiger partial charge on any atom is 0.287 e. The fraction of sp³-hybridized carbons (Fsp3) is 0.450. The smallest absolute Gasteiger partial charge is 0.287 e. The minimum Gasteiger partial charge on any atom is -0.348 e. The van der Waals surface area contributed by atoms with Gasteiger partial charge in [0.25, 0.3) is 11.8 Å². The summed E-state index contributed by atoms with van der Waals surface area (Å²) in [5.41, 5.74) is 1.97. The molecule has 1 aliphatic rings. The summed E-state index contributed by atoms with van der Waals surface area (Å²) in [5, 5.41) is 5.74. The molecule has 0 saturated heterocycles. The van der Waals surface area contributed by atoms with Gasteiger partial charge in [-0.15, -0.1) is 0 Å². The van der Waals surface area contributed by atoms with Gasteiger partial charge in [0.2, 0.25) is 0 Å². The molecule has 7 heteroatoms. The van der Waals surface area contributed by atoms with E-state index in [0.717, 1.165) is 36.9 Å². The first-order valence-electron chi connectivity index (χ1n) is 9.42. The van der Waals surface area contributed by atoms with Crippen molar-refractivity contribution in [2.24, 2.45) is 0 Å². The van der Waals surface area contributed by atoms with Gasteiger partial charge in [-0.2, -0.15) is 0 Å². The summed E-state index contributed by atoms with van der Waals surface area (Å²) in [7, 11) is 0. The Bertz CT molecular complexity index is 829. The van der Waals surface area contributed by atoms with Crippen LogP contribution in [0.5, 0.6) is 0 Å². The second-order valence-corrected chi connectivity index (χ2v) is 6.93. The van der Waals surface area contributed by atoms with E-state index >= 15 is 0 Å². The summed E-state index contributed by atoms with van der Waals surface area (Å²) in [6.45, 7) is 4.90. The molecule has 3 rings (SSSR count). The van der Waals surface area contributed by atoms with Crippen LogP contribution in [-0.4, -0.2) is 27.4 Å². The van der Waals surface area contributed by atoms with Crippen LogP contribution in [0, 0.1) is 5.82 Å². The quantitative estimate of drug-likeness (QED) is 0.819. The number of hydrogen-bond acceptors (Lipinski definition) is 3. The van der Waals surface area contributed by atoms with Gasteiger partial charge in [-0.1, -0.05) is 19.1 Å². The first-order chi connectivity index (χ1) is 13.0. The van der Waals surface area contributed by atoms with Crippen LogP contribution >= 0.6 is 0 Å². The highest BCUT2D eigenvalue weighted by molar-refractivity contribution is 5.97. The number of fused-ring (bicyclic) bond motifs is 1. The molecular formula is C20H25FN4O2. The molecule has 27 heavy (non-hydrogen) atoms. The number of nitrogens with zero attached hydrogens (tertiary/aromatic N) is 2. The number of benzene rings is 1. The number of carbonyl (C=O) groups excluding carboxylic acids is 2. The molecule has 144 valence electrons. The number of imidazole rings is 1. The van der Waals surface area contributed by atoms with Crippen molar-refractivity contribution in [1.82, 2.24) is 20.2 Å². The lowest BCUT2D eigenvalue weighted by Crippen LogP contribution is -2.33. The summed E-state index contributed by atoms with van der Waals surface area (Å²) >= 11 is 0. The maximum absolute atomic E-state index is 13.0. The molecule has 1 atom stereocenters. The van der Waals surface area contributed by atoms with Crippen molar-refractivity contribution >= 4 is 11.8 Å². The Labute approximate surface area is 158 Å². The van der Waals surface area contributed by atoms with E-state index in [2.05, 4.69) is 15.6 Å². The average molecular weight is 372 g/mol. The van der Waals surface area contributed by atoms with Crippen LogP contribution in [0.3, 0.4) is 0 Å². The summed E-state index contributed by atoms with van der Waals surface area (Å²) in [4.78, 5) is 29.6. The zero-order valence-corrected chi connectivity index (χ0v) is 15.7. The van der Waals surface area contributed by atoms with E-state index in [4.69, 9.17) is 0 Å². The molecule has 2 amide bonds. The summed E-state index contributed by atoms with van der Waals surface area (Å²) in [6.07, 6.45) is 3.49. The third kappa shape index (κ3) is 4.35. The van der Waals surface area contributed by atoms with Gasteiger partial charge >= 0.3 is 0 Å². The molecule has 1 aromatic carbocycles. The Hall–Kier alpha value is -2.70. The molecule has 2 aromatic rings. The van der Waals surface area contributed by atoms with Gasteiger partial charge in [-0.25, -0.2) is 9.37 Å². The van der Waals surface area contributed by atoms with Crippen molar-refractivity contribution in [3.8, 4) is 0 Å². The van der Waals surface area contributed by atoms with Crippen LogP contribution in [0.25, 0.3) is 0 Å².